The zero-order chi connectivity index (χ0) is 19.9. The fraction of sp³-hybridized carbons (Fsp3) is 0.318. The predicted octanol–water partition coefficient (Wildman–Crippen LogP) is 3.37. The summed E-state index contributed by atoms with van der Waals surface area (Å²) in [5.74, 6) is -0.0735. The molecule has 0 aliphatic rings. The quantitative estimate of drug-likeness (QED) is 0.554. The molecule has 0 bridgehead atoms. The maximum Gasteiger partial charge on any atom is 0.323 e. The third kappa shape index (κ3) is 4.35. The van der Waals surface area contributed by atoms with Crippen molar-refractivity contribution >= 4 is 16.9 Å². The Labute approximate surface area is 164 Å². The Kier molecular flexibility index (Phi) is 6.68. The first-order chi connectivity index (χ1) is 13.7. The number of fused-ring (bicyclic) bond motifs is 1. The summed E-state index contributed by atoms with van der Waals surface area (Å²) < 4.78 is 16.6. The van der Waals surface area contributed by atoms with Gasteiger partial charge in [0, 0.05) is 30.1 Å². The maximum absolute atomic E-state index is 12.2. The van der Waals surface area contributed by atoms with E-state index in [2.05, 4.69) is 4.98 Å². The second-order valence-corrected chi connectivity index (χ2v) is 6.54. The van der Waals surface area contributed by atoms with Crippen molar-refractivity contribution in [3.8, 4) is 5.75 Å². The molecule has 2 unspecified atom stereocenters. The van der Waals surface area contributed by atoms with E-state index in [0.29, 0.717) is 13.2 Å². The number of aromatic amines is 1. The van der Waals surface area contributed by atoms with Gasteiger partial charge >= 0.3 is 5.97 Å². The van der Waals surface area contributed by atoms with E-state index in [1.165, 1.54) is 0 Å². The van der Waals surface area contributed by atoms with Gasteiger partial charge in [0.1, 0.15) is 18.4 Å². The van der Waals surface area contributed by atoms with E-state index in [-0.39, 0.29) is 12.5 Å². The number of nitrogens with two attached hydrogens (primary N) is 1. The van der Waals surface area contributed by atoms with Crippen LogP contribution in [0.25, 0.3) is 10.9 Å². The molecule has 0 saturated carbocycles. The summed E-state index contributed by atoms with van der Waals surface area (Å²) in [7, 11) is 1.59. The lowest BCUT2D eigenvalue weighted by molar-refractivity contribution is -0.145. The molecule has 0 spiro atoms. The Balaban J connectivity index is 1.94. The van der Waals surface area contributed by atoms with Crippen LogP contribution in [0.1, 0.15) is 24.0 Å². The van der Waals surface area contributed by atoms with E-state index in [4.69, 9.17) is 19.9 Å². The van der Waals surface area contributed by atoms with Crippen molar-refractivity contribution in [2.24, 2.45) is 5.73 Å². The number of hydrogen-bond donors (Lipinski definition) is 2. The Morgan fingerprint density at radius 3 is 2.64 bits per heavy atom. The van der Waals surface area contributed by atoms with Crippen molar-refractivity contribution < 1.29 is 19.0 Å². The van der Waals surface area contributed by atoms with Gasteiger partial charge in [0.15, 0.2) is 0 Å². The number of rotatable bonds is 9. The van der Waals surface area contributed by atoms with E-state index < -0.39 is 12.0 Å². The molecule has 6 nitrogen and oxygen atoms in total. The second-order valence-electron chi connectivity index (χ2n) is 6.54. The van der Waals surface area contributed by atoms with Crippen molar-refractivity contribution in [3.05, 3.63) is 65.9 Å². The Hall–Kier alpha value is -2.83. The minimum absolute atomic E-state index is 0.283. The number of aromatic nitrogens is 1. The summed E-state index contributed by atoms with van der Waals surface area (Å²) in [6, 6.07) is 14.9. The van der Waals surface area contributed by atoms with Crippen LogP contribution in [0.3, 0.4) is 0 Å². The molecule has 0 radical (unpaired) electrons. The first-order valence-corrected chi connectivity index (χ1v) is 9.33. The fourth-order valence-corrected chi connectivity index (χ4v) is 3.29. The van der Waals surface area contributed by atoms with Crippen LogP contribution in [0.15, 0.2) is 54.7 Å². The summed E-state index contributed by atoms with van der Waals surface area (Å²) in [6.45, 7) is 2.78. The van der Waals surface area contributed by atoms with Crippen LogP contribution >= 0.6 is 0 Å². The second kappa shape index (κ2) is 9.39. The Morgan fingerprint density at radius 2 is 1.93 bits per heavy atom. The van der Waals surface area contributed by atoms with Crippen LogP contribution in [-0.2, 0) is 20.9 Å². The average molecular weight is 382 g/mol. The van der Waals surface area contributed by atoms with Gasteiger partial charge in [-0.25, -0.2) is 0 Å². The zero-order valence-corrected chi connectivity index (χ0v) is 16.2. The van der Waals surface area contributed by atoms with E-state index in [0.717, 1.165) is 27.8 Å². The molecule has 0 aliphatic heterocycles. The van der Waals surface area contributed by atoms with Gasteiger partial charge in [-0.1, -0.05) is 36.4 Å². The molecule has 0 fully saturated rings. The zero-order valence-electron chi connectivity index (χ0n) is 16.2. The topological polar surface area (TPSA) is 86.6 Å². The SMILES string of the molecule is CCOC(=O)C(N)C(COC)c1c[nH]c2cccc(OCc3ccccc3)c12. The molecule has 3 N–H and O–H groups in total. The highest BCUT2D eigenvalue weighted by Gasteiger charge is 2.30. The van der Waals surface area contributed by atoms with Gasteiger partial charge in [0.05, 0.1) is 13.2 Å². The molecule has 0 saturated heterocycles. The number of nitrogens with one attached hydrogen (secondary N) is 1. The molecule has 0 aliphatic carbocycles. The smallest absolute Gasteiger partial charge is 0.323 e. The standard InChI is InChI=1S/C22H26N2O4/c1-3-27-22(25)21(23)17(14-26-2)16-12-24-18-10-7-11-19(20(16)18)28-13-15-8-5-4-6-9-15/h4-12,17,21,24H,3,13-14,23H2,1-2H3. The molecule has 0 amide bonds. The van der Waals surface area contributed by atoms with Crippen molar-refractivity contribution in [1.29, 1.82) is 0 Å². The molecule has 2 aromatic carbocycles. The van der Waals surface area contributed by atoms with E-state index in [1.54, 1.807) is 14.0 Å². The molecule has 1 heterocycles. The molecule has 2 atom stereocenters. The minimum atomic E-state index is -0.832. The van der Waals surface area contributed by atoms with Gasteiger partial charge < -0.3 is 24.9 Å². The lowest BCUT2D eigenvalue weighted by atomic mass is 9.92. The lowest BCUT2D eigenvalue weighted by Crippen LogP contribution is -2.40. The first kappa shape index (κ1) is 19.9. The fourth-order valence-electron chi connectivity index (χ4n) is 3.29. The molecule has 28 heavy (non-hydrogen) atoms. The summed E-state index contributed by atoms with van der Waals surface area (Å²) in [4.78, 5) is 15.5. The number of esters is 1. The third-order valence-corrected chi connectivity index (χ3v) is 4.67. The van der Waals surface area contributed by atoms with Gasteiger partial charge in [-0.05, 0) is 30.2 Å². The van der Waals surface area contributed by atoms with Gasteiger partial charge in [-0.3, -0.25) is 4.79 Å². The van der Waals surface area contributed by atoms with Crippen LogP contribution < -0.4 is 10.5 Å². The van der Waals surface area contributed by atoms with E-state index in [9.17, 15) is 4.79 Å². The maximum atomic E-state index is 12.2. The number of hydrogen-bond acceptors (Lipinski definition) is 5. The monoisotopic (exact) mass is 382 g/mol. The normalized spacial score (nSPS) is 13.2. The highest BCUT2D eigenvalue weighted by atomic mass is 16.5. The van der Waals surface area contributed by atoms with E-state index >= 15 is 0 Å². The summed E-state index contributed by atoms with van der Waals surface area (Å²) in [6.07, 6.45) is 1.86. The Bertz CT molecular complexity index is 907. The highest BCUT2D eigenvalue weighted by Crippen LogP contribution is 2.35. The van der Waals surface area contributed by atoms with Crippen LogP contribution in [-0.4, -0.2) is 37.3 Å². The van der Waals surface area contributed by atoms with Gasteiger partial charge in [0.25, 0.3) is 0 Å². The highest BCUT2D eigenvalue weighted by molar-refractivity contribution is 5.91. The molecule has 6 heteroatoms. The van der Waals surface area contributed by atoms with Crippen LogP contribution in [0.2, 0.25) is 0 Å². The summed E-state index contributed by atoms with van der Waals surface area (Å²) in [5, 5.41) is 0.903. The number of H-pyrrole nitrogens is 1. The third-order valence-electron chi connectivity index (χ3n) is 4.67. The van der Waals surface area contributed by atoms with Gasteiger partial charge in [-0.15, -0.1) is 0 Å². The first-order valence-electron chi connectivity index (χ1n) is 9.33. The van der Waals surface area contributed by atoms with Crippen molar-refractivity contribution in [2.45, 2.75) is 25.5 Å². The van der Waals surface area contributed by atoms with Gasteiger partial charge in [0.2, 0.25) is 0 Å². The number of benzene rings is 2. The van der Waals surface area contributed by atoms with Crippen LogP contribution in [0.5, 0.6) is 5.75 Å². The lowest BCUT2D eigenvalue weighted by Gasteiger charge is -2.22. The van der Waals surface area contributed by atoms with Crippen molar-refractivity contribution in [2.75, 3.05) is 20.3 Å². The average Bonchev–Trinajstić information content (AvgIpc) is 3.15. The van der Waals surface area contributed by atoms with Crippen LogP contribution in [0.4, 0.5) is 0 Å². The molecular formula is C22H26N2O4. The predicted molar refractivity (Wildman–Crippen MR) is 108 cm³/mol. The van der Waals surface area contributed by atoms with Gasteiger partial charge in [-0.2, -0.15) is 0 Å². The largest absolute Gasteiger partial charge is 0.488 e. The Morgan fingerprint density at radius 1 is 1.14 bits per heavy atom. The molecule has 3 aromatic rings. The van der Waals surface area contributed by atoms with Crippen molar-refractivity contribution in [1.82, 2.24) is 4.98 Å². The number of carbonyl (C=O) groups excluding carboxylic acids is 1. The molecule has 1 aromatic heterocycles. The number of ether oxygens (including phenoxy) is 3. The van der Waals surface area contributed by atoms with E-state index in [1.807, 2.05) is 54.7 Å². The van der Waals surface area contributed by atoms with Crippen LogP contribution in [0, 0.1) is 0 Å². The summed E-state index contributed by atoms with van der Waals surface area (Å²) >= 11 is 0. The summed E-state index contributed by atoms with van der Waals surface area (Å²) in [5.41, 5.74) is 9.09. The number of carbonyl (C=O) groups is 1. The van der Waals surface area contributed by atoms with Crippen molar-refractivity contribution in [3.63, 3.8) is 0 Å². The molecule has 3 rings (SSSR count). The number of methoxy groups -OCH3 is 1. The molecular weight excluding hydrogens is 356 g/mol. The minimum Gasteiger partial charge on any atom is -0.488 e. The molecule has 148 valence electrons.